The van der Waals surface area contributed by atoms with Crippen molar-refractivity contribution in [2.75, 3.05) is 0 Å². The van der Waals surface area contributed by atoms with Crippen molar-refractivity contribution in [3.8, 4) is 0 Å². The first-order valence-electron chi connectivity index (χ1n) is 6.83. The lowest BCUT2D eigenvalue weighted by Gasteiger charge is -2.12. The number of carbonyl (C=O) groups excluding carboxylic acids is 1. The summed E-state index contributed by atoms with van der Waals surface area (Å²) in [5, 5.41) is 0. The topological polar surface area (TPSA) is 26.3 Å². The van der Waals surface area contributed by atoms with Crippen molar-refractivity contribution in [2.24, 2.45) is 0 Å². The number of carbonyl (C=O) groups is 1. The van der Waals surface area contributed by atoms with Gasteiger partial charge in [0.25, 0.3) is 0 Å². The van der Waals surface area contributed by atoms with Crippen molar-refractivity contribution < 1.29 is 9.53 Å². The second-order valence-corrected chi connectivity index (χ2v) is 4.88. The van der Waals surface area contributed by atoms with Gasteiger partial charge in [0.15, 0.2) is 0 Å². The molecule has 20 heavy (non-hydrogen) atoms. The lowest BCUT2D eigenvalue weighted by molar-refractivity contribution is -0.147. The summed E-state index contributed by atoms with van der Waals surface area (Å²) in [6.45, 7) is 0. The summed E-state index contributed by atoms with van der Waals surface area (Å²) in [5.74, 6) is -0.153. The highest BCUT2D eigenvalue weighted by Crippen LogP contribution is 2.30. The molecule has 1 atom stereocenters. The zero-order valence-corrected chi connectivity index (χ0v) is 11.2. The minimum absolute atomic E-state index is 0.153. The van der Waals surface area contributed by atoms with Gasteiger partial charge in [0.1, 0.15) is 6.10 Å². The van der Waals surface area contributed by atoms with E-state index < -0.39 is 0 Å². The molecular weight excluding hydrogens is 248 g/mol. The number of benzene rings is 2. The van der Waals surface area contributed by atoms with Gasteiger partial charge in [-0.2, -0.15) is 0 Å². The molecule has 2 aromatic rings. The molecule has 3 rings (SSSR count). The normalized spacial score (nSPS) is 15.9. The van der Waals surface area contributed by atoms with E-state index in [1.165, 1.54) is 0 Å². The molecule has 0 N–H and O–H groups in total. The summed E-state index contributed by atoms with van der Waals surface area (Å²) >= 11 is 0. The average molecular weight is 264 g/mol. The highest BCUT2D eigenvalue weighted by atomic mass is 16.5. The van der Waals surface area contributed by atoms with Gasteiger partial charge in [-0.1, -0.05) is 60.7 Å². The maximum atomic E-state index is 11.9. The molecule has 0 bridgehead atoms. The third kappa shape index (κ3) is 2.80. The first kappa shape index (κ1) is 12.7. The van der Waals surface area contributed by atoms with Gasteiger partial charge in [-0.05, 0) is 23.6 Å². The van der Waals surface area contributed by atoms with E-state index in [1.54, 1.807) is 0 Å². The first-order chi connectivity index (χ1) is 9.83. The van der Waals surface area contributed by atoms with Gasteiger partial charge in [-0.15, -0.1) is 0 Å². The van der Waals surface area contributed by atoms with Crippen LogP contribution in [0, 0.1) is 0 Å². The molecule has 100 valence electrons. The third-order valence-electron chi connectivity index (χ3n) is 3.47. The van der Waals surface area contributed by atoms with Crippen molar-refractivity contribution >= 4 is 12.0 Å². The van der Waals surface area contributed by atoms with Crippen molar-refractivity contribution in [3.63, 3.8) is 0 Å². The lowest BCUT2D eigenvalue weighted by atomic mass is 10.1. The van der Waals surface area contributed by atoms with Crippen LogP contribution in [0.1, 0.15) is 29.2 Å². The molecule has 0 spiro atoms. The third-order valence-corrected chi connectivity index (χ3v) is 3.47. The van der Waals surface area contributed by atoms with Gasteiger partial charge in [0.05, 0.1) is 0 Å². The monoisotopic (exact) mass is 264 g/mol. The number of hydrogen-bond acceptors (Lipinski definition) is 2. The summed E-state index contributed by atoms with van der Waals surface area (Å²) in [6.07, 6.45) is 4.85. The molecule has 0 heterocycles. The van der Waals surface area contributed by atoms with Crippen LogP contribution in [-0.4, -0.2) is 5.97 Å². The minimum Gasteiger partial charge on any atom is -0.453 e. The second-order valence-electron chi connectivity index (χ2n) is 4.88. The molecule has 0 radical (unpaired) electrons. The van der Waals surface area contributed by atoms with E-state index in [9.17, 15) is 4.79 Å². The smallest absolute Gasteiger partial charge is 0.307 e. The van der Waals surface area contributed by atoms with Gasteiger partial charge in [-0.25, -0.2) is 0 Å². The lowest BCUT2D eigenvalue weighted by Crippen LogP contribution is -2.09. The Kier molecular flexibility index (Phi) is 3.64. The molecule has 0 aromatic heterocycles. The molecule has 0 saturated heterocycles. The Hall–Kier alpha value is -2.35. The van der Waals surface area contributed by atoms with Crippen molar-refractivity contribution in [1.29, 1.82) is 0 Å². The number of esters is 1. The SMILES string of the molecule is O=C(CCc1ccccc1)OC1C=Cc2ccccc21. The van der Waals surface area contributed by atoms with Crippen LogP contribution in [-0.2, 0) is 16.0 Å². The molecule has 1 aliphatic carbocycles. The second kappa shape index (κ2) is 5.74. The van der Waals surface area contributed by atoms with E-state index in [0.29, 0.717) is 6.42 Å². The molecular formula is C18H16O2. The fraction of sp³-hybridized carbons (Fsp3) is 0.167. The zero-order valence-electron chi connectivity index (χ0n) is 11.2. The van der Waals surface area contributed by atoms with Gasteiger partial charge in [0, 0.05) is 12.0 Å². The zero-order chi connectivity index (χ0) is 13.8. The largest absolute Gasteiger partial charge is 0.453 e. The predicted molar refractivity (Wildman–Crippen MR) is 79.1 cm³/mol. The molecule has 1 aliphatic rings. The quantitative estimate of drug-likeness (QED) is 0.782. The molecule has 0 fully saturated rings. The summed E-state index contributed by atoms with van der Waals surface area (Å²) in [7, 11) is 0. The Morgan fingerprint density at radius 2 is 1.75 bits per heavy atom. The van der Waals surface area contributed by atoms with E-state index in [4.69, 9.17) is 4.74 Å². The van der Waals surface area contributed by atoms with Gasteiger partial charge < -0.3 is 4.74 Å². The molecule has 0 amide bonds. The van der Waals surface area contributed by atoms with E-state index in [1.807, 2.05) is 66.7 Å². The van der Waals surface area contributed by atoms with Crippen LogP contribution in [0.15, 0.2) is 60.7 Å². The van der Waals surface area contributed by atoms with Gasteiger partial charge in [-0.3, -0.25) is 4.79 Å². The molecule has 0 aliphatic heterocycles. The molecule has 1 unspecified atom stereocenters. The Balaban J connectivity index is 1.57. The van der Waals surface area contributed by atoms with Crippen molar-refractivity contribution in [2.45, 2.75) is 18.9 Å². The number of aryl methyl sites for hydroxylation is 1. The highest BCUT2D eigenvalue weighted by Gasteiger charge is 2.20. The van der Waals surface area contributed by atoms with E-state index in [-0.39, 0.29) is 12.1 Å². The standard InChI is InChI=1S/C18H16O2/c19-18(13-10-14-6-2-1-3-7-14)20-17-12-11-15-8-4-5-9-16(15)17/h1-9,11-12,17H,10,13H2. The van der Waals surface area contributed by atoms with Crippen LogP contribution in [0.5, 0.6) is 0 Å². The minimum atomic E-state index is -0.227. The molecule has 2 aromatic carbocycles. The first-order valence-corrected chi connectivity index (χ1v) is 6.83. The molecule has 2 nitrogen and oxygen atoms in total. The van der Waals surface area contributed by atoms with E-state index in [0.717, 1.165) is 23.1 Å². The number of fused-ring (bicyclic) bond motifs is 1. The van der Waals surface area contributed by atoms with Gasteiger partial charge >= 0.3 is 5.97 Å². The fourth-order valence-electron chi connectivity index (χ4n) is 2.41. The van der Waals surface area contributed by atoms with Crippen LogP contribution in [0.25, 0.3) is 6.08 Å². The van der Waals surface area contributed by atoms with Crippen LogP contribution < -0.4 is 0 Å². The van der Waals surface area contributed by atoms with Crippen molar-refractivity contribution in [3.05, 3.63) is 77.4 Å². The van der Waals surface area contributed by atoms with Crippen LogP contribution >= 0.6 is 0 Å². The van der Waals surface area contributed by atoms with Crippen LogP contribution in [0.2, 0.25) is 0 Å². The Labute approximate surface area is 118 Å². The van der Waals surface area contributed by atoms with Gasteiger partial charge in [0.2, 0.25) is 0 Å². The fourth-order valence-corrected chi connectivity index (χ4v) is 2.41. The number of rotatable bonds is 4. The maximum absolute atomic E-state index is 11.9. The maximum Gasteiger partial charge on any atom is 0.307 e. The summed E-state index contributed by atoms with van der Waals surface area (Å²) in [6, 6.07) is 18.0. The summed E-state index contributed by atoms with van der Waals surface area (Å²) < 4.78 is 5.53. The highest BCUT2D eigenvalue weighted by molar-refractivity contribution is 5.72. The Morgan fingerprint density at radius 3 is 2.60 bits per heavy atom. The average Bonchev–Trinajstić information content (AvgIpc) is 2.90. The summed E-state index contributed by atoms with van der Waals surface area (Å²) in [4.78, 5) is 11.9. The Bertz CT molecular complexity index is 629. The van der Waals surface area contributed by atoms with Crippen LogP contribution in [0.4, 0.5) is 0 Å². The van der Waals surface area contributed by atoms with E-state index >= 15 is 0 Å². The molecule has 0 saturated carbocycles. The van der Waals surface area contributed by atoms with E-state index in [2.05, 4.69) is 0 Å². The number of hydrogen-bond donors (Lipinski definition) is 0. The molecule has 2 heteroatoms. The number of ether oxygens (including phenoxy) is 1. The summed E-state index contributed by atoms with van der Waals surface area (Å²) in [5.41, 5.74) is 3.36. The Morgan fingerprint density at radius 1 is 1.00 bits per heavy atom. The predicted octanol–water partition coefficient (Wildman–Crippen LogP) is 3.93. The van der Waals surface area contributed by atoms with Crippen LogP contribution in [0.3, 0.4) is 0 Å². The van der Waals surface area contributed by atoms with Crippen molar-refractivity contribution in [1.82, 2.24) is 0 Å².